The minimum absolute atomic E-state index is 0.0462. The van der Waals surface area contributed by atoms with Crippen LogP contribution in [0, 0.1) is 18.3 Å². The van der Waals surface area contributed by atoms with Crippen LogP contribution < -0.4 is 5.32 Å². The zero-order valence-electron chi connectivity index (χ0n) is 16.0. The van der Waals surface area contributed by atoms with Crippen LogP contribution in [0.25, 0.3) is 16.9 Å². The lowest BCUT2D eigenvalue weighted by Gasteiger charge is -2.11. The van der Waals surface area contributed by atoms with Crippen LogP contribution in [-0.4, -0.2) is 25.4 Å². The summed E-state index contributed by atoms with van der Waals surface area (Å²) in [4.78, 5) is 24.1. The van der Waals surface area contributed by atoms with Gasteiger partial charge in [-0.15, -0.1) is 0 Å². The van der Waals surface area contributed by atoms with E-state index >= 15 is 0 Å². The molecule has 2 aromatic carbocycles. The van der Waals surface area contributed by atoms with Gasteiger partial charge in [-0.3, -0.25) is 9.36 Å². The van der Waals surface area contributed by atoms with Crippen molar-refractivity contribution in [3.8, 4) is 11.9 Å². The van der Waals surface area contributed by atoms with Crippen molar-refractivity contribution in [1.29, 1.82) is 5.26 Å². The molecule has 4 aromatic rings. The number of fused-ring (bicyclic) bond motifs is 1. The minimum atomic E-state index is -4.70. The predicted molar refractivity (Wildman–Crippen MR) is 106 cm³/mol. The molecule has 0 saturated carbocycles. The number of alkyl halides is 3. The summed E-state index contributed by atoms with van der Waals surface area (Å²) in [6.45, 7) is 1.76. The number of amides is 1. The number of benzene rings is 2. The van der Waals surface area contributed by atoms with Gasteiger partial charge in [-0.2, -0.15) is 18.4 Å². The lowest BCUT2D eigenvalue weighted by atomic mass is 10.1. The highest BCUT2D eigenvalue weighted by molar-refractivity contribution is 6.03. The van der Waals surface area contributed by atoms with Crippen LogP contribution in [-0.2, 0) is 6.18 Å². The number of halogens is 3. The van der Waals surface area contributed by atoms with E-state index in [2.05, 4.69) is 20.3 Å². The van der Waals surface area contributed by atoms with Crippen molar-refractivity contribution < 1.29 is 18.0 Å². The Morgan fingerprint density at radius 1 is 1.13 bits per heavy atom. The van der Waals surface area contributed by atoms with Crippen molar-refractivity contribution in [2.24, 2.45) is 0 Å². The first-order valence-corrected chi connectivity index (χ1v) is 8.96. The molecule has 0 saturated heterocycles. The summed E-state index contributed by atoms with van der Waals surface area (Å²) < 4.78 is 41.6. The minimum Gasteiger partial charge on any atom is -0.305 e. The molecule has 0 fully saturated rings. The Morgan fingerprint density at radius 2 is 1.94 bits per heavy atom. The number of aryl methyl sites for hydroxylation is 1. The van der Waals surface area contributed by atoms with E-state index in [4.69, 9.17) is 5.26 Å². The third-order valence-corrected chi connectivity index (χ3v) is 4.43. The van der Waals surface area contributed by atoms with E-state index in [1.807, 2.05) is 6.07 Å². The number of hydrogen-bond donors (Lipinski definition) is 1. The third-order valence-electron chi connectivity index (χ3n) is 4.43. The lowest BCUT2D eigenvalue weighted by molar-refractivity contribution is -0.145. The Labute approximate surface area is 173 Å². The van der Waals surface area contributed by atoms with Crippen molar-refractivity contribution >= 4 is 22.8 Å². The zero-order valence-corrected chi connectivity index (χ0v) is 16.0. The number of anilines is 1. The molecule has 4 rings (SSSR count). The highest BCUT2D eigenvalue weighted by Gasteiger charge is 2.38. The highest BCUT2D eigenvalue weighted by atomic mass is 19.4. The van der Waals surface area contributed by atoms with Gasteiger partial charge >= 0.3 is 6.18 Å². The van der Waals surface area contributed by atoms with Crippen LogP contribution in [0.1, 0.15) is 27.3 Å². The molecule has 7 nitrogen and oxygen atoms in total. The van der Waals surface area contributed by atoms with Gasteiger partial charge in [0.2, 0.25) is 5.82 Å². The molecule has 0 atom stereocenters. The summed E-state index contributed by atoms with van der Waals surface area (Å²) in [6.07, 6.45) is -2.42. The SMILES string of the molecule is Cc1ccc2c(c1)nc(C(F)(F)F)n2-c1cnc(NC(=O)c2cccc(C#N)c2)cn1. The fraction of sp³-hybridized carbons (Fsp3) is 0.0952. The number of nitriles is 1. The summed E-state index contributed by atoms with van der Waals surface area (Å²) in [5.41, 5.74) is 1.74. The number of aromatic nitrogens is 4. The Morgan fingerprint density at radius 3 is 2.61 bits per heavy atom. The molecule has 1 amide bonds. The second-order valence-corrected chi connectivity index (χ2v) is 6.67. The van der Waals surface area contributed by atoms with Crippen LogP contribution in [0.5, 0.6) is 0 Å². The van der Waals surface area contributed by atoms with Gasteiger partial charge in [0, 0.05) is 5.56 Å². The maximum absolute atomic E-state index is 13.6. The molecule has 31 heavy (non-hydrogen) atoms. The fourth-order valence-electron chi connectivity index (χ4n) is 3.03. The van der Waals surface area contributed by atoms with Crippen molar-refractivity contribution in [3.05, 3.63) is 77.4 Å². The number of rotatable bonds is 3. The maximum atomic E-state index is 13.6. The van der Waals surface area contributed by atoms with Crippen LogP contribution >= 0.6 is 0 Å². The number of carbonyl (C=O) groups excluding carboxylic acids is 1. The molecule has 154 valence electrons. The van der Waals surface area contributed by atoms with Gasteiger partial charge in [0.1, 0.15) is 0 Å². The first-order chi connectivity index (χ1) is 14.8. The predicted octanol–water partition coefficient (Wildman–Crippen LogP) is 4.27. The standard InChI is InChI=1S/C21H13F3N6O/c1-12-5-6-16-15(7-12)28-20(21(22,23)24)30(16)18-11-26-17(10-27-18)29-19(31)14-4-2-3-13(8-14)9-25/h2-8,10-11H,1H3,(H,26,29,31). The second kappa shape index (κ2) is 7.53. The van der Waals surface area contributed by atoms with Crippen molar-refractivity contribution in [2.45, 2.75) is 13.1 Å². The smallest absolute Gasteiger partial charge is 0.305 e. The molecule has 0 radical (unpaired) electrons. The molecular formula is C21H13F3N6O. The van der Waals surface area contributed by atoms with Crippen molar-refractivity contribution in [1.82, 2.24) is 19.5 Å². The van der Waals surface area contributed by atoms with Crippen molar-refractivity contribution in [3.63, 3.8) is 0 Å². The van der Waals surface area contributed by atoms with Gasteiger partial charge < -0.3 is 5.32 Å². The van der Waals surface area contributed by atoms with E-state index in [0.29, 0.717) is 5.56 Å². The van der Waals surface area contributed by atoms with Gasteiger partial charge in [0.15, 0.2) is 11.6 Å². The second-order valence-electron chi connectivity index (χ2n) is 6.67. The van der Waals surface area contributed by atoms with Gasteiger partial charge in [-0.25, -0.2) is 15.0 Å². The average Bonchev–Trinajstić information content (AvgIpc) is 3.13. The first kappa shape index (κ1) is 20.0. The van der Waals surface area contributed by atoms with E-state index in [-0.39, 0.29) is 28.2 Å². The molecule has 0 aliphatic rings. The Balaban J connectivity index is 1.68. The Hall–Kier alpha value is -4.26. The normalized spacial score (nSPS) is 11.3. The Bertz CT molecular complexity index is 1340. The molecule has 10 heteroatoms. The summed E-state index contributed by atoms with van der Waals surface area (Å²) in [5.74, 6) is -1.70. The molecule has 0 aliphatic carbocycles. The van der Waals surface area contributed by atoms with E-state index in [1.54, 1.807) is 31.2 Å². The summed E-state index contributed by atoms with van der Waals surface area (Å²) in [7, 11) is 0. The van der Waals surface area contributed by atoms with Crippen LogP contribution in [0.3, 0.4) is 0 Å². The number of nitrogens with zero attached hydrogens (tertiary/aromatic N) is 5. The number of nitrogens with one attached hydrogen (secondary N) is 1. The van der Waals surface area contributed by atoms with Gasteiger partial charge in [-0.05, 0) is 42.8 Å². The first-order valence-electron chi connectivity index (χ1n) is 8.96. The lowest BCUT2D eigenvalue weighted by Crippen LogP contribution is -2.16. The van der Waals surface area contributed by atoms with Gasteiger partial charge in [0.05, 0.1) is 35.1 Å². The highest BCUT2D eigenvalue weighted by Crippen LogP contribution is 2.33. The Kier molecular flexibility index (Phi) is 4.87. The van der Waals surface area contributed by atoms with Gasteiger partial charge in [-0.1, -0.05) is 12.1 Å². The molecule has 2 aromatic heterocycles. The topological polar surface area (TPSA) is 96.5 Å². The van der Waals surface area contributed by atoms with E-state index in [1.165, 1.54) is 18.2 Å². The third kappa shape index (κ3) is 3.93. The maximum Gasteiger partial charge on any atom is 0.450 e. The summed E-state index contributed by atoms with van der Waals surface area (Å²) in [5, 5.41) is 11.4. The van der Waals surface area contributed by atoms with E-state index < -0.39 is 17.9 Å². The largest absolute Gasteiger partial charge is 0.450 e. The number of imidazole rings is 1. The van der Waals surface area contributed by atoms with Crippen LogP contribution in [0.15, 0.2) is 54.9 Å². The molecular weight excluding hydrogens is 409 g/mol. The molecule has 0 bridgehead atoms. The molecule has 2 heterocycles. The molecule has 0 spiro atoms. The fourth-order valence-corrected chi connectivity index (χ4v) is 3.03. The van der Waals surface area contributed by atoms with E-state index in [9.17, 15) is 18.0 Å². The summed E-state index contributed by atoms with van der Waals surface area (Å²) in [6, 6.07) is 12.8. The zero-order chi connectivity index (χ0) is 22.2. The van der Waals surface area contributed by atoms with Crippen molar-refractivity contribution in [2.75, 3.05) is 5.32 Å². The molecule has 0 unspecified atom stereocenters. The van der Waals surface area contributed by atoms with Gasteiger partial charge in [0.25, 0.3) is 5.91 Å². The average molecular weight is 422 g/mol. The molecule has 1 N–H and O–H groups in total. The quantitative estimate of drug-likeness (QED) is 0.532. The number of hydrogen-bond acceptors (Lipinski definition) is 5. The monoisotopic (exact) mass is 422 g/mol. The van der Waals surface area contributed by atoms with Crippen LogP contribution in [0.4, 0.5) is 19.0 Å². The molecule has 0 aliphatic heterocycles. The number of carbonyl (C=O) groups is 1. The van der Waals surface area contributed by atoms with E-state index in [0.717, 1.165) is 22.5 Å². The van der Waals surface area contributed by atoms with Crippen LogP contribution in [0.2, 0.25) is 0 Å². The summed E-state index contributed by atoms with van der Waals surface area (Å²) >= 11 is 0.